The normalized spacial score (nSPS) is 10.7. The fourth-order valence-electron chi connectivity index (χ4n) is 3.70. The smallest absolute Gasteiger partial charge is 0.335 e. The van der Waals surface area contributed by atoms with Gasteiger partial charge in [-0.25, -0.2) is 4.79 Å². The highest BCUT2D eigenvalue weighted by Crippen LogP contribution is 2.17. The largest absolute Gasteiger partial charge is 0.423 e. The first-order valence-electron chi connectivity index (χ1n) is 12.4. The minimum absolute atomic E-state index is 0.427. The summed E-state index contributed by atoms with van der Waals surface area (Å²) in [5.41, 5.74) is 1.06. The van der Waals surface area contributed by atoms with Crippen molar-refractivity contribution in [2.24, 2.45) is 0 Å². The monoisotopic (exact) mass is 415 g/mol. The molecule has 0 aliphatic rings. The third kappa shape index (κ3) is 15.1. The zero-order valence-corrected chi connectivity index (χ0v) is 19.4. The topological polar surface area (TPSA) is 38.3 Å². The molecular formula is C27H45NO2. The Balaban J connectivity index is 1.83. The Morgan fingerprint density at radius 1 is 0.767 bits per heavy atom. The molecule has 3 nitrogen and oxygen atoms in total. The number of hydrogen-bond donors (Lipinski definition) is 1. The fraction of sp³-hybridized carbons (Fsp3) is 0.667. The molecule has 1 aromatic rings. The van der Waals surface area contributed by atoms with E-state index >= 15 is 0 Å². The van der Waals surface area contributed by atoms with Gasteiger partial charge >= 0.3 is 5.97 Å². The lowest BCUT2D eigenvalue weighted by molar-refractivity contribution is -0.128. The number of unbranched alkanes of at least 4 members (excludes halogenated alkanes) is 15. The summed E-state index contributed by atoms with van der Waals surface area (Å²) in [4.78, 5) is 11.2. The predicted octanol–water partition coefficient (Wildman–Crippen LogP) is 8.45. The second-order valence-corrected chi connectivity index (χ2v) is 8.38. The summed E-state index contributed by atoms with van der Waals surface area (Å²) < 4.78 is 5.07. The van der Waals surface area contributed by atoms with Gasteiger partial charge in [0.2, 0.25) is 0 Å². The molecule has 0 heterocycles. The average molecular weight is 416 g/mol. The van der Waals surface area contributed by atoms with Crippen molar-refractivity contribution in [1.82, 2.24) is 0 Å². The first kappa shape index (κ1) is 26.3. The number of carbonyl (C=O) groups excluding carboxylic acids is 1. The van der Waals surface area contributed by atoms with E-state index in [9.17, 15) is 4.79 Å². The summed E-state index contributed by atoms with van der Waals surface area (Å²) in [6, 6.07) is 7.49. The number of ether oxygens (including phenoxy) is 1. The van der Waals surface area contributed by atoms with Crippen molar-refractivity contribution in [3.63, 3.8) is 0 Å². The fourth-order valence-corrected chi connectivity index (χ4v) is 3.70. The summed E-state index contributed by atoms with van der Waals surface area (Å²) in [7, 11) is 0. The SMILES string of the molecule is C=CC(=O)Oc1ccc(NCCCCCCCCCCCCCCCCCC)cc1. The van der Waals surface area contributed by atoms with E-state index in [4.69, 9.17) is 4.74 Å². The Morgan fingerprint density at radius 2 is 1.20 bits per heavy atom. The minimum atomic E-state index is -0.427. The first-order valence-corrected chi connectivity index (χ1v) is 12.4. The third-order valence-electron chi connectivity index (χ3n) is 5.60. The predicted molar refractivity (Wildman–Crippen MR) is 130 cm³/mol. The molecule has 0 unspecified atom stereocenters. The second kappa shape index (κ2) is 19.2. The van der Waals surface area contributed by atoms with Crippen LogP contribution in [0.4, 0.5) is 5.69 Å². The van der Waals surface area contributed by atoms with Crippen molar-refractivity contribution in [2.75, 3.05) is 11.9 Å². The summed E-state index contributed by atoms with van der Waals surface area (Å²) in [5.74, 6) is 0.122. The van der Waals surface area contributed by atoms with Gasteiger partial charge < -0.3 is 10.1 Å². The third-order valence-corrected chi connectivity index (χ3v) is 5.60. The molecule has 1 N–H and O–H groups in total. The van der Waals surface area contributed by atoms with Crippen molar-refractivity contribution < 1.29 is 9.53 Å². The molecule has 0 aromatic heterocycles. The number of benzene rings is 1. The molecule has 0 amide bonds. The Morgan fingerprint density at radius 3 is 1.63 bits per heavy atom. The molecule has 0 atom stereocenters. The molecule has 0 aliphatic heterocycles. The molecule has 0 saturated carbocycles. The molecule has 3 heteroatoms. The number of rotatable bonds is 20. The van der Waals surface area contributed by atoms with Crippen LogP contribution in [-0.4, -0.2) is 12.5 Å². The molecule has 0 fully saturated rings. The number of nitrogens with one attached hydrogen (secondary N) is 1. The van der Waals surface area contributed by atoms with Crippen LogP contribution in [0.1, 0.15) is 110 Å². The zero-order valence-electron chi connectivity index (χ0n) is 19.4. The van der Waals surface area contributed by atoms with Crippen LogP contribution in [0.15, 0.2) is 36.9 Å². The Labute approximate surface area is 185 Å². The molecule has 30 heavy (non-hydrogen) atoms. The van der Waals surface area contributed by atoms with E-state index in [2.05, 4.69) is 18.8 Å². The van der Waals surface area contributed by atoms with Gasteiger partial charge in [0, 0.05) is 18.3 Å². The maximum atomic E-state index is 11.2. The molecule has 0 bridgehead atoms. The first-order chi connectivity index (χ1) is 14.8. The van der Waals surface area contributed by atoms with Crippen LogP contribution in [0, 0.1) is 0 Å². The van der Waals surface area contributed by atoms with Gasteiger partial charge in [0.25, 0.3) is 0 Å². The summed E-state index contributed by atoms with van der Waals surface area (Å²) in [5, 5.41) is 3.43. The van der Waals surface area contributed by atoms with Gasteiger partial charge in [0.1, 0.15) is 5.75 Å². The van der Waals surface area contributed by atoms with E-state index in [1.165, 1.54) is 109 Å². The van der Waals surface area contributed by atoms with Crippen molar-refractivity contribution >= 4 is 11.7 Å². The van der Waals surface area contributed by atoms with Crippen molar-refractivity contribution in [1.29, 1.82) is 0 Å². The van der Waals surface area contributed by atoms with E-state index in [1.54, 1.807) is 12.1 Å². The minimum Gasteiger partial charge on any atom is -0.423 e. The van der Waals surface area contributed by atoms with Crippen LogP contribution in [0.25, 0.3) is 0 Å². The van der Waals surface area contributed by atoms with Gasteiger partial charge in [-0.2, -0.15) is 0 Å². The molecular weight excluding hydrogens is 370 g/mol. The highest BCUT2D eigenvalue weighted by Gasteiger charge is 2.00. The standard InChI is InChI=1S/C27H45NO2/c1-3-5-6-7-8-9-10-11-12-13-14-15-16-17-18-19-24-28-25-20-22-26(23-21-25)30-27(29)4-2/h4,20-23,28H,2-3,5-19,24H2,1H3. The number of hydrogen-bond acceptors (Lipinski definition) is 3. The van der Waals surface area contributed by atoms with E-state index in [0.717, 1.165) is 12.2 Å². The van der Waals surface area contributed by atoms with Gasteiger partial charge in [0.05, 0.1) is 0 Å². The second-order valence-electron chi connectivity index (χ2n) is 8.38. The van der Waals surface area contributed by atoms with Gasteiger partial charge in [0.15, 0.2) is 0 Å². The Bertz CT molecular complexity index is 538. The van der Waals surface area contributed by atoms with Crippen LogP contribution in [-0.2, 0) is 4.79 Å². The summed E-state index contributed by atoms with van der Waals surface area (Å²) in [6.07, 6.45) is 23.5. The maximum Gasteiger partial charge on any atom is 0.335 e. The summed E-state index contributed by atoms with van der Waals surface area (Å²) >= 11 is 0. The van der Waals surface area contributed by atoms with E-state index in [0.29, 0.717) is 5.75 Å². The van der Waals surface area contributed by atoms with E-state index < -0.39 is 5.97 Å². The number of carbonyl (C=O) groups is 1. The molecule has 0 saturated heterocycles. The number of anilines is 1. The van der Waals surface area contributed by atoms with E-state index in [1.807, 2.05) is 12.1 Å². The lowest BCUT2D eigenvalue weighted by Gasteiger charge is -2.07. The summed E-state index contributed by atoms with van der Waals surface area (Å²) in [6.45, 7) is 6.67. The molecule has 0 aliphatic carbocycles. The van der Waals surface area contributed by atoms with Crippen LogP contribution < -0.4 is 10.1 Å². The van der Waals surface area contributed by atoms with Crippen LogP contribution >= 0.6 is 0 Å². The van der Waals surface area contributed by atoms with Crippen molar-refractivity contribution in [3.8, 4) is 5.75 Å². The molecule has 0 radical (unpaired) electrons. The Hall–Kier alpha value is -1.77. The molecule has 170 valence electrons. The molecule has 1 aromatic carbocycles. The van der Waals surface area contributed by atoms with Gasteiger partial charge in [-0.05, 0) is 30.7 Å². The lowest BCUT2D eigenvalue weighted by atomic mass is 10.0. The van der Waals surface area contributed by atoms with Crippen LogP contribution in [0.3, 0.4) is 0 Å². The van der Waals surface area contributed by atoms with Crippen LogP contribution in [0.5, 0.6) is 5.75 Å². The van der Waals surface area contributed by atoms with Crippen LogP contribution in [0.2, 0.25) is 0 Å². The quantitative estimate of drug-likeness (QED) is 0.100. The van der Waals surface area contributed by atoms with Crippen molar-refractivity contribution in [2.45, 2.75) is 110 Å². The number of esters is 1. The Kier molecular flexibility index (Phi) is 16.8. The highest BCUT2D eigenvalue weighted by atomic mass is 16.5. The highest BCUT2D eigenvalue weighted by molar-refractivity contribution is 5.83. The lowest BCUT2D eigenvalue weighted by Crippen LogP contribution is -2.04. The van der Waals surface area contributed by atoms with E-state index in [-0.39, 0.29) is 0 Å². The van der Waals surface area contributed by atoms with Crippen molar-refractivity contribution in [3.05, 3.63) is 36.9 Å². The van der Waals surface area contributed by atoms with Gasteiger partial charge in [-0.1, -0.05) is 110 Å². The van der Waals surface area contributed by atoms with Gasteiger partial charge in [-0.3, -0.25) is 0 Å². The molecule has 1 rings (SSSR count). The zero-order chi connectivity index (χ0) is 21.7. The average Bonchev–Trinajstić information content (AvgIpc) is 2.77. The maximum absolute atomic E-state index is 11.2. The van der Waals surface area contributed by atoms with Gasteiger partial charge in [-0.15, -0.1) is 0 Å². The molecule has 0 spiro atoms.